The minimum atomic E-state index is -0.932. The van der Waals surface area contributed by atoms with E-state index in [1.807, 2.05) is 0 Å². The summed E-state index contributed by atoms with van der Waals surface area (Å²) < 4.78 is 0. The lowest BCUT2D eigenvalue weighted by atomic mass is 10.1. The number of nitrogens with zero attached hydrogens (tertiary/aromatic N) is 2. The Morgan fingerprint density at radius 1 is 1.19 bits per heavy atom. The fourth-order valence-electron chi connectivity index (χ4n) is 3.53. The van der Waals surface area contributed by atoms with E-state index in [0.29, 0.717) is 25.8 Å². The lowest BCUT2D eigenvalue weighted by Gasteiger charge is -2.38. The fraction of sp³-hybridized carbons (Fsp3) is 0.750. The van der Waals surface area contributed by atoms with Crippen molar-refractivity contribution in [1.29, 1.82) is 0 Å². The van der Waals surface area contributed by atoms with Crippen LogP contribution in [0.25, 0.3) is 0 Å². The molecule has 4 atom stereocenters. The number of hydrogen-bond acceptors (Lipinski definition) is 5. The number of carbonyl (C=O) groups is 4. The predicted octanol–water partition coefficient (Wildman–Crippen LogP) is -2.03. The lowest BCUT2D eigenvalue weighted by molar-refractivity contribution is -0.144. The third kappa shape index (κ3) is 4.06. The first-order valence-electron chi connectivity index (χ1n) is 8.85. The van der Waals surface area contributed by atoms with Gasteiger partial charge in [0.15, 0.2) is 0 Å². The van der Waals surface area contributed by atoms with Gasteiger partial charge in [-0.05, 0) is 33.2 Å². The number of likely N-dealkylation sites (N-methyl/N-ethyl adjacent to an activating group) is 1. The molecule has 0 radical (unpaired) electrons. The van der Waals surface area contributed by atoms with E-state index in [0.717, 1.165) is 0 Å². The predicted molar refractivity (Wildman–Crippen MR) is 93.9 cm³/mol. The molecule has 146 valence electrons. The first-order chi connectivity index (χ1) is 12.3. The molecule has 2 fully saturated rings. The van der Waals surface area contributed by atoms with Gasteiger partial charge in [-0.2, -0.15) is 0 Å². The van der Waals surface area contributed by atoms with Gasteiger partial charge in [-0.25, -0.2) is 4.79 Å². The van der Waals surface area contributed by atoms with Gasteiger partial charge in [0.25, 0.3) is 0 Å². The Hall–Kier alpha value is -2.36. The highest BCUT2D eigenvalue weighted by Crippen LogP contribution is 2.29. The first-order valence-corrected chi connectivity index (χ1v) is 8.85. The van der Waals surface area contributed by atoms with Crippen LogP contribution >= 0.6 is 0 Å². The van der Waals surface area contributed by atoms with Gasteiger partial charge in [0.05, 0.1) is 12.6 Å². The van der Waals surface area contributed by atoms with E-state index < -0.39 is 24.0 Å². The van der Waals surface area contributed by atoms with Crippen molar-refractivity contribution in [2.45, 2.75) is 50.4 Å². The quantitative estimate of drug-likeness (QED) is 0.453. The third-order valence-electron chi connectivity index (χ3n) is 5.16. The van der Waals surface area contributed by atoms with Crippen LogP contribution < -0.4 is 21.7 Å². The molecule has 2 saturated heterocycles. The van der Waals surface area contributed by atoms with Gasteiger partial charge in [-0.15, -0.1) is 0 Å². The summed E-state index contributed by atoms with van der Waals surface area (Å²) in [6.07, 6.45) is 1.71. The molecule has 5 N–H and O–H groups in total. The molecule has 10 heteroatoms. The largest absolute Gasteiger partial charge is 0.368 e. The van der Waals surface area contributed by atoms with Crippen molar-refractivity contribution in [3.63, 3.8) is 0 Å². The van der Waals surface area contributed by atoms with E-state index in [1.165, 1.54) is 16.8 Å². The standard InChI is InChI=1S/C16H28N6O4/c1-9(18-2)14(24)20-11-8-21(16(26)19-3)7-6-10-4-5-12(13(17)23)22(10)15(11)25/h9-12,18H,4-8H2,1-3H3,(H2,17,23)(H,19,26)(H,20,24)/t9-,10+,11?,12-/m0/s1. The number of fused-ring (bicyclic) bond motifs is 1. The highest BCUT2D eigenvalue weighted by atomic mass is 16.2. The smallest absolute Gasteiger partial charge is 0.317 e. The van der Waals surface area contributed by atoms with Gasteiger partial charge in [0.2, 0.25) is 17.7 Å². The third-order valence-corrected chi connectivity index (χ3v) is 5.16. The normalized spacial score (nSPS) is 27.2. The molecule has 0 aliphatic carbocycles. The summed E-state index contributed by atoms with van der Waals surface area (Å²) in [6, 6.07) is -2.58. The van der Waals surface area contributed by atoms with E-state index in [-0.39, 0.29) is 30.4 Å². The van der Waals surface area contributed by atoms with Crippen molar-refractivity contribution in [2.75, 3.05) is 27.2 Å². The molecular formula is C16H28N6O4. The van der Waals surface area contributed by atoms with Gasteiger partial charge in [0, 0.05) is 19.6 Å². The van der Waals surface area contributed by atoms with Gasteiger partial charge >= 0.3 is 6.03 Å². The molecule has 1 unspecified atom stereocenters. The molecular weight excluding hydrogens is 340 g/mol. The van der Waals surface area contributed by atoms with Crippen LogP contribution in [0, 0.1) is 0 Å². The molecule has 0 spiro atoms. The van der Waals surface area contributed by atoms with E-state index in [4.69, 9.17) is 5.73 Å². The van der Waals surface area contributed by atoms with Gasteiger partial charge in [0.1, 0.15) is 12.1 Å². The highest BCUT2D eigenvalue weighted by Gasteiger charge is 2.44. The van der Waals surface area contributed by atoms with E-state index in [2.05, 4.69) is 16.0 Å². The Morgan fingerprint density at radius 2 is 1.88 bits per heavy atom. The number of amides is 5. The summed E-state index contributed by atoms with van der Waals surface area (Å²) in [6.45, 7) is 2.13. The second-order valence-corrected chi connectivity index (χ2v) is 6.76. The zero-order valence-electron chi connectivity index (χ0n) is 15.4. The average Bonchev–Trinajstić information content (AvgIpc) is 3.04. The number of nitrogens with two attached hydrogens (primary N) is 1. The number of nitrogens with one attached hydrogen (secondary N) is 3. The maximum Gasteiger partial charge on any atom is 0.317 e. The molecule has 2 rings (SSSR count). The van der Waals surface area contributed by atoms with Crippen LogP contribution in [0.2, 0.25) is 0 Å². The summed E-state index contributed by atoms with van der Waals surface area (Å²) in [4.78, 5) is 52.3. The zero-order chi connectivity index (χ0) is 19.4. The highest BCUT2D eigenvalue weighted by molar-refractivity contribution is 5.94. The van der Waals surface area contributed by atoms with Gasteiger partial charge < -0.3 is 31.5 Å². The second-order valence-electron chi connectivity index (χ2n) is 6.76. The molecule has 0 saturated carbocycles. The van der Waals surface area contributed by atoms with Crippen LogP contribution in [-0.4, -0.2) is 84.9 Å². The summed E-state index contributed by atoms with van der Waals surface area (Å²) >= 11 is 0. The Kier molecular flexibility index (Phi) is 6.41. The summed E-state index contributed by atoms with van der Waals surface area (Å²) in [5.74, 6) is -1.27. The molecule has 26 heavy (non-hydrogen) atoms. The van der Waals surface area contributed by atoms with Crippen LogP contribution in [0.3, 0.4) is 0 Å². The maximum absolute atomic E-state index is 13.1. The molecule has 0 bridgehead atoms. The number of carbonyl (C=O) groups excluding carboxylic acids is 4. The molecule has 2 aliphatic heterocycles. The van der Waals surface area contributed by atoms with E-state index in [9.17, 15) is 19.2 Å². The minimum Gasteiger partial charge on any atom is -0.368 e. The first kappa shape index (κ1) is 20.0. The Bertz CT molecular complexity index is 583. The van der Waals surface area contributed by atoms with Crippen molar-refractivity contribution in [3.05, 3.63) is 0 Å². The summed E-state index contributed by atoms with van der Waals surface area (Å²) in [7, 11) is 3.16. The van der Waals surface area contributed by atoms with E-state index in [1.54, 1.807) is 14.0 Å². The lowest BCUT2D eigenvalue weighted by Crippen LogP contribution is -2.62. The summed E-state index contributed by atoms with van der Waals surface area (Å²) in [5.41, 5.74) is 5.47. The monoisotopic (exact) mass is 368 g/mol. The van der Waals surface area contributed by atoms with Gasteiger partial charge in [-0.3, -0.25) is 14.4 Å². The number of hydrogen-bond donors (Lipinski definition) is 4. The topological polar surface area (TPSA) is 137 Å². The molecule has 0 aromatic rings. The van der Waals surface area contributed by atoms with Crippen molar-refractivity contribution >= 4 is 23.8 Å². The molecule has 0 aromatic carbocycles. The van der Waals surface area contributed by atoms with Crippen molar-refractivity contribution in [2.24, 2.45) is 5.73 Å². The maximum atomic E-state index is 13.1. The Morgan fingerprint density at radius 3 is 2.46 bits per heavy atom. The molecule has 0 aromatic heterocycles. The molecule has 5 amide bonds. The van der Waals surface area contributed by atoms with Crippen LogP contribution in [0.15, 0.2) is 0 Å². The number of primary amides is 1. The van der Waals surface area contributed by atoms with Crippen LogP contribution in [-0.2, 0) is 14.4 Å². The Labute approximate surface area is 152 Å². The van der Waals surface area contributed by atoms with Crippen molar-refractivity contribution in [1.82, 2.24) is 25.8 Å². The average molecular weight is 368 g/mol. The van der Waals surface area contributed by atoms with E-state index >= 15 is 0 Å². The zero-order valence-corrected chi connectivity index (χ0v) is 15.4. The SMILES string of the molecule is CNC(=O)N1CC[C@H]2CC[C@@H](C(N)=O)N2C(=O)C(NC(=O)[C@H](C)NC)C1. The number of rotatable bonds is 4. The Balaban J connectivity index is 2.28. The fourth-order valence-corrected chi connectivity index (χ4v) is 3.53. The van der Waals surface area contributed by atoms with Crippen LogP contribution in [0.5, 0.6) is 0 Å². The van der Waals surface area contributed by atoms with Gasteiger partial charge in [-0.1, -0.05) is 0 Å². The van der Waals surface area contributed by atoms with Crippen molar-refractivity contribution < 1.29 is 19.2 Å². The van der Waals surface area contributed by atoms with Crippen LogP contribution in [0.1, 0.15) is 26.2 Å². The van der Waals surface area contributed by atoms with Crippen LogP contribution in [0.4, 0.5) is 4.79 Å². The summed E-state index contributed by atoms with van der Waals surface area (Å²) in [5, 5.41) is 8.07. The number of urea groups is 1. The molecule has 10 nitrogen and oxygen atoms in total. The molecule has 2 heterocycles. The second kappa shape index (κ2) is 8.35. The minimum absolute atomic E-state index is 0.0371. The van der Waals surface area contributed by atoms with Crippen molar-refractivity contribution in [3.8, 4) is 0 Å². The molecule has 2 aliphatic rings.